The van der Waals surface area contributed by atoms with Gasteiger partial charge in [0.05, 0.1) is 60.1 Å². The predicted octanol–water partition coefficient (Wildman–Crippen LogP) is 10.8. The Morgan fingerprint density at radius 1 is 0.590 bits per heavy atom. The zero-order chi connectivity index (χ0) is 60.0. The van der Waals surface area contributed by atoms with Gasteiger partial charge >= 0.3 is 41.9 Å². The number of hydrogen-bond acceptors (Lipinski definition) is 16. The number of esters is 5. The van der Waals surface area contributed by atoms with Crippen LogP contribution in [0.5, 0.6) is 0 Å². The molecule has 19 heteroatoms. The number of para-hydroxylation sites is 1. The molecule has 0 saturated heterocycles. The maximum Gasteiger partial charge on any atom is 0.407 e. The van der Waals surface area contributed by atoms with Crippen LogP contribution in [0.3, 0.4) is 0 Å². The van der Waals surface area contributed by atoms with Crippen molar-refractivity contribution in [2.45, 2.75) is 200 Å². The van der Waals surface area contributed by atoms with Crippen LogP contribution in [0.4, 0.5) is 10.5 Å². The van der Waals surface area contributed by atoms with Crippen molar-refractivity contribution in [3.63, 3.8) is 0 Å². The van der Waals surface area contributed by atoms with Gasteiger partial charge in [-0.2, -0.15) is 0 Å². The molecule has 19 nitrogen and oxygen atoms in total. The number of aliphatic imine (C=N–C) groups is 1. The number of nitrogens with one attached hydrogen (secondary N) is 2. The number of nitrogens with zero attached hydrogens (tertiary/aromatic N) is 1. The van der Waals surface area contributed by atoms with E-state index >= 15 is 0 Å². The fourth-order valence-electron chi connectivity index (χ4n) is 5.84. The van der Waals surface area contributed by atoms with Gasteiger partial charge in [-0.15, -0.1) is 0 Å². The molecule has 0 aromatic heterocycles. The van der Waals surface area contributed by atoms with E-state index in [9.17, 15) is 43.2 Å². The molecular weight excluding hydrogens is 1010 g/mol. The molecule has 0 saturated carbocycles. The summed E-state index contributed by atoms with van der Waals surface area (Å²) in [6.45, 7) is 29.3. The number of carboxylic acid groups (broad SMARTS) is 1. The second-order valence-corrected chi connectivity index (χ2v) is 21.7. The molecule has 1 aliphatic rings. The average molecular weight is 1110 g/mol. The van der Waals surface area contributed by atoms with Crippen LogP contribution in [-0.2, 0) is 73.2 Å². The third kappa shape index (κ3) is 34.8. The average Bonchev–Trinajstić information content (AvgIpc) is 3.81. The largest absolute Gasteiger partial charge is 0.481 e. The summed E-state index contributed by atoms with van der Waals surface area (Å²) in [6.07, 6.45) is 10.1. The minimum absolute atomic E-state index is 0.0162. The number of amides is 2. The SMILES string of the molecule is CCC(C)(C)C(=O)O.CCC(C)(C)C(=O)OCCNC(=O)CC1=Nc2ccccc2C1.CCC(C)(C)C(=O)OCCOC(=O)CC(C)=O.CCCCC(CC)COC(=O)CCCCCOC(=O)NCCOC(=O)C(C)(C)CC. The first-order chi connectivity index (χ1) is 36.5. The Kier molecular flexibility index (Phi) is 38.4. The Hall–Kier alpha value is -5.88. The van der Waals surface area contributed by atoms with Crippen molar-refractivity contribution in [1.29, 1.82) is 0 Å². The molecule has 1 aromatic carbocycles. The molecule has 0 radical (unpaired) electrons. The lowest BCUT2D eigenvalue weighted by molar-refractivity contribution is -0.159. The monoisotopic (exact) mass is 1110 g/mol. The van der Waals surface area contributed by atoms with Crippen LogP contribution in [0.15, 0.2) is 29.3 Å². The normalized spacial score (nSPS) is 12.1. The number of Topliss-reactive ketones (excluding diaryl/α,β-unsaturated/α-hetero) is 1. The van der Waals surface area contributed by atoms with Crippen molar-refractivity contribution in [3.05, 3.63) is 29.8 Å². The fraction of sp³-hybridized carbons (Fsp3) is 0.729. The summed E-state index contributed by atoms with van der Waals surface area (Å²) < 4.78 is 30.4. The number of ether oxygens (including phenoxy) is 6. The van der Waals surface area contributed by atoms with Gasteiger partial charge in [-0.25, -0.2) is 4.79 Å². The molecule has 2 rings (SSSR count). The molecule has 1 heterocycles. The van der Waals surface area contributed by atoms with Crippen LogP contribution < -0.4 is 10.6 Å². The Labute approximate surface area is 466 Å². The highest BCUT2D eigenvalue weighted by atomic mass is 16.6. The number of fused-ring (bicyclic) bond motifs is 1. The van der Waals surface area contributed by atoms with Crippen molar-refractivity contribution < 1.29 is 76.7 Å². The molecule has 1 aliphatic heterocycles. The molecule has 78 heavy (non-hydrogen) atoms. The van der Waals surface area contributed by atoms with Crippen molar-refractivity contribution >= 4 is 65.0 Å². The van der Waals surface area contributed by atoms with Gasteiger partial charge in [0.2, 0.25) is 5.91 Å². The maximum atomic E-state index is 11.9. The number of unbranched alkanes of at least 4 members (excludes halogenated alkanes) is 3. The van der Waals surface area contributed by atoms with E-state index in [-0.39, 0.29) is 81.4 Å². The first-order valence-corrected chi connectivity index (χ1v) is 27.9. The molecule has 0 bridgehead atoms. The van der Waals surface area contributed by atoms with E-state index in [1.807, 2.05) is 79.7 Å². The van der Waals surface area contributed by atoms with Crippen LogP contribution >= 0.6 is 0 Å². The van der Waals surface area contributed by atoms with Gasteiger partial charge in [0.1, 0.15) is 38.6 Å². The van der Waals surface area contributed by atoms with Crippen LogP contribution in [0.25, 0.3) is 0 Å². The van der Waals surface area contributed by atoms with Crippen molar-refractivity contribution in [2.24, 2.45) is 32.6 Å². The van der Waals surface area contributed by atoms with E-state index < -0.39 is 39.7 Å². The molecule has 0 fully saturated rings. The van der Waals surface area contributed by atoms with E-state index in [1.165, 1.54) is 13.3 Å². The van der Waals surface area contributed by atoms with Gasteiger partial charge in [-0.1, -0.05) is 79.0 Å². The van der Waals surface area contributed by atoms with E-state index in [0.29, 0.717) is 57.8 Å². The topological polar surface area (TPSA) is 266 Å². The molecule has 1 unspecified atom stereocenters. The maximum absolute atomic E-state index is 11.9. The standard InChI is InChI=1S/C23H43NO6.C18H24N2O3.C12H20O5.C6H12O2/c1-6-9-13-19(7-2)18-30-20(25)14-11-10-12-16-29-22(27)24-15-17-28-21(26)23(4,5)8-3;1-4-18(2,3)17(22)23-10-9-19-16(21)12-14-11-13-7-5-6-8-15(13)20-14;1-5-12(3,4)11(15)17-7-6-16-10(14)8-9(2)13;1-4-6(2,3)5(7)8/h19H,6-18H2,1-5H3,(H,24,27);5-8H,4,9-12H2,1-3H3,(H,19,21);5-8H2,1-4H3;4H2,1-3H3,(H,7,8). The summed E-state index contributed by atoms with van der Waals surface area (Å²) in [4.78, 5) is 107. The lowest BCUT2D eigenvalue weighted by atomic mass is 9.91. The number of carbonyl (C=O) groups excluding carboxylic acids is 8. The fourth-order valence-corrected chi connectivity index (χ4v) is 5.84. The quantitative estimate of drug-likeness (QED) is 0.0256. The Morgan fingerprint density at radius 2 is 1.10 bits per heavy atom. The summed E-state index contributed by atoms with van der Waals surface area (Å²) in [7, 11) is 0. The molecule has 3 N–H and O–H groups in total. The summed E-state index contributed by atoms with van der Waals surface area (Å²) in [5, 5.41) is 13.8. The smallest absolute Gasteiger partial charge is 0.407 e. The second-order valence-electron chi connectivity index (χ2n) is 21.7. The zero-order valence-electron chi connectivity index (χ0n) is 50.2. The number of alkyl carbamates (subject to hydrolysis) is 1. The number of rotatable bonds is 33. The predicted molar refractivity (Wildman–Crippen MR) is 300 cm³/mol. The van der Waals surface area contributed by atoms with E-state index in [4.69, 9.17) is 33.5 Å². The third-order valence-electron chi connectivity index (χ3n) is 13.3. The van der Waals surface area contributed by atoms with Gasteiger partial charge in [-0.05, 0) is 131 Å². The van der Waals surface area contributed by atoms with Gasteiger partial charge in [0.15, 0.2) is 0 Å². The van der Waals surface area contributed by atoms with E-state index in [1.54, 1.807) is 27.7 Å². The minimum atomic E-state index is -0.722. The molecule has 0 aliphatic carbocycles. The lowest BCUT2D eigenvalue weighted by Gasteiger charge is -2.20. The number of carboxylic acids is 1. The van der Waals surface area contributed by atoms with Crippen molar-refractivity contribution in [2.75, 3.05) is 52.7 Å². The summed E-state index contributed by atoms with van der Waals surface area (Å²) in [6, 6.07) is 7.90. The number of aliphatic carboxylic acids is 1. The lowest BCUT2D eigenvalue weighted by Crippen LogP contribution is -2.32. The molecular formula is C59H99N3O16. The molecule has 446 valence electrons. The molecule has 1 atom stereocenters. The number of ketones is 1. The van der Waals surface area contributed by atoms with Gasteiger partial charge in [-0.3, -0.25) is 43.3 Å². The van der Waals surface area contributed by atoms with Crippen molar-refractivity contribution in [3.8, 4) is 0 Å². The van der Waals surface area contributed by atoms with Gasteiger partial charge < -0.3 is 44.2 Å². The number of carbonyl (C=O) groups is 9. The minimum Gasteiger partial charge on any atom is -0.481 e. The molecule has 0 spiro atoms. The van der Waals surface area contributed by atoms with E-state index in [0.717, 1.165) is 61.9 Å². The first-order valence-electron chi connectivity index (χ1n) is 27.9. The highest BCUT2D eigenvalue weighted by molar-refractivity contribution is 6.05. The Balaban J connectivity index is 0. The van der Waals surface area contributed by atoms with Gasteiger partial charge in [0.25, 0.3) is 0 Å². The zero-order valence-corrected chi connectivity index (χ0v) is 50.2. The van der Waals surface area contributed by atoms with Crippen molar-refractivity contribution in [1.82, 2.24) is 10.6 Å². The Bertz CT molecular complexity index is 2030. The third-order valence-corrected chi connectivity index (χ3v) is 13.3. The van der Waals surface area contributed by atoms with Crippen LogP contribution in [0.2, 0.25) is 0 Å². The highest BCUT2D eigenvalue weighted by Crippen LogP contribution is 2.27. The molecule has 2 amide bonds. The summed E-state index contributed by atoms with van der Waals surface area (Å²) >= 11 is 0. The van der Waals surface area contributed by atoms with Crippen LogP contribution in [-0.4, -0.2) is 117 Å². The Morgan fingerprint density at radius 3 is 1.58 bits per heavy atom. The van der Waals surface area contributed by atoms with Crippen LogP contribution in [0.1, 0.15) is 199 Å². The second kappa shape index (κ2) is 40.3. The van der Waals surface area contributed by atoms with Gasteiger partial charge in [0, 0.05) is 18.6 Å². The summed E-state index contributed by atoms with van der Waals surface area (Å²) in [5.41, 5.74) is 0.919. The van der Waals surface area contributed by atoms with Crippen LogP contribution in [0, 0.1) is 27.6 Å². The first kappa shape index (κ1) is 74.2. The number of benzene rings is 1. The van der Waals surface area contributed by atoms with E-state index in [2.05, 4.69) is 29.5 Å². The summed E-state index contributed by atoms with van der Waals surface area (Å²) in [5.74, 6) is -2.17. The highest BCUT2D eigenvalue weighted by Gasteiger charge is 2.29. The number of hydrogen-bond donors (Lipinski definition) is 3. The molecule has 1 aromatic rings.